The third-order valence-electron chi connectivity index (χ3n) is 5.76. The predicted molar refractivity (Wildman–Crippen MR) is 89.6 cm³/mol. The highest BCUT2D eigenvalue weighted by Gasteiger charge is 2.63. The normalized spacial score (nSPS) is 28.2. The number of nitrogens with zero attached hydrogens (tertiary/aromatic N) is 6. The summed E-state index contributed by atoms with van der Waals surface area (Å²) in [5, 5.41) is 11.6. The summed E-state index contributed by atoms with van der Waals surface area (Å²) in [5.74, 6) is 0.570. The van der Waals surface area contributed by atoms with Crippen LogP contribution in [0.25, 0.3) is 5.65 Å². The second kappa shape index (κ2) is 4.99. The molecule has 2 fully saturated rings. The summed E-state index contributed by atoms with van der Waals surface area (Å²) >= 11 is 0. The average molecular weight is 328 g/mol. The number of aromatic nitrogens is 4. The fourth-order valence-electron chi connectivity index (χ4n) is 5.21. The van der Waals surface area contributed by atoms with Crippen molar-refractivity contribution in [3.63, 3.8) is 0 Å². The molecule has 2 aliphatic rings. The maximum Gasteiger partial charge on any atom is 0.272 e. The molecule has 0 radical (unpaired) electrons. The van der Waals surface area contributed by atoms with E-state index in [1.54, 1.807) is 12.1 Å². The molecule has 128 valence electrons. The van der Waals surface area contributed by atoms with Crippen LogP contribution >= 0.6 is 0 Å². The van der Waals surface area contributed by atoms with Crippen LogP contribution in [-0.2, 0) is 0 Å². The summed E-state index contributed by atoms with van der Waals surface area (Å²) in [6.45, 7) is 7.30. The largest absolute Gasteiger partial charge is 0.336 e. The zero-order valence-corrected chi connectivity index (χ0v) is 14.7. The Balaban J connectivity index is 1.64. The van der Waals surface area contributed by atoms with Gasteiger partial charge in [0, 0.05) is 25.0 Å². The first kappa shape index (κ1) is 15.5. The Morgan fingerprint density at radius 1 is 1.38 bits per heavy atom. The first-order valence-corrected chi connectivity index (χ1v) is 8.44. The van der Waals surface area contributed by atoms with Gasteiger partial charge in [-0.2, -0.15) is 4.52 Å². The highest BCUT2D eigenvalue weighted by molar-refractivity contribution is 5.93. The van der Waals surface area contributed by atoms with Gasteiger partial charge in [0.05, 0.1) is 0 Å². The number of rotatable bonds is 3. The van der Waals surface area contributed by atoms with Crippen LogP contribution < -0.4 is 0 Å². The van der Waals surface area contributed by atoms with Crippen molar-refractivity contribution in [3.05, 3.63) is 23.9 Å². The quantitative estimate of drug-likeness (QED) is 0.846. The molecule has 24 heavy (non-hydrogen) atoms. The molecule has 2 aromatic heterocycles. The summed E-state index contributed by atoms with van der Waals surface area (Å²) in [7, 11) is 4.23. The van der Waals surface area contributed by atoms with Crippen LogP contribution in [0.5, 0.6) is 0 Å². The second-order valence-corrected chi connectivity index (χ2v) is 8.36. The summed E-state index contributed by atoms with van der Waals surface area (Å²) in [5.41, 5.74) is 1.66. The molecule has 7 nitrogen and oxygen atoms in total. The Hall–Kier alpha value is -2.02. The van der Waals surface area contributed by atoms with E-state index in [2.05, 4.69) is 48.4 Å². The zero-order chi connectivity index (χ0) is 17.1. The Labute approximate surface area is 141 Å². The lowest BCUT2D eigenvalue weighted by molar-refractivity contribution is -0.0789. The van der Waals surface area contributed by atoms with E-state index in [1.807, 2.05) is 11.0 Å². The summed E-state index contributed by atoms with van der Waals surface area (Å²) in [6.07, 6.45) is 1.17. The Kier molecular flexibility index (Phi) is 3.22. The van der Waals surface area contributed by atoms with Crippen molar-refractivity contribution in [2.45, 2.75) is 20.3 Å². The molecule has 0 unspecified atom stereocenters. The number of hydrogen-bond acceptors (Lipinski definition) is 5. The van der Waals surface area contributed by atoms with Crippen molar-refractivity contribution in [1.29, 1.82) is 0 Å². The fraction of sp³-hybridized carbons (Fsp3) is 0.647. The van der Waals surface area contributed by atoms with Gasteiger partial charge in [-0.05, 0) is 54.4 Å². The maximum absolute atomic E-state index is 13.1. The van der Waals surface area contributed by atoms with E-state index < -0.39 is 0 Å². The topological polar surface area (TPSA) is 66.6 Å². The number of likely N-dealkylation sites (tertiary alicyclic amines) is 1. The lowest BCUT2D eigenvalue weighted by Crippen LogP contribution is -2.57. The average Bonchev–Trinajstić information content (AvgIpc) is 3.08. The lowest BCUT2D eigenvalue weighted by Gasteiger charge is -2.57. The molecule has 0 N–H and O–H groups in total. The summed E-state index contributed by atoms with van der Waals surface area (Å²) in [4.78, 5) is 17.4. The van der Waals surface area contributed by atoms with E-state index in [4.69, 9.17) is 0 Å². The number of hydrogen-bond donors (Lipinski definition) is 0. The van der Waals surface area contributed by atoms with Crippen molar-refractivity contribution < 1.29 is 4.79 Å². The van der Waals surface area contributed by atoms with Gasteiger partial charge in [0.25, 0.3) is 5.91 Å². The van der Waals surface area contributed by atoms with Gasteiger partial charge in [-0.25, -0.2) is 0 Å². The molecular weight excluding hydrogens is 304 g/mol. The molecular formula is C17H24N6O. The van der Waals surface area contributed by atoms with Crippen LogP contribution in [0.1, 0.15) is 30.8 Å². The van der Waals surface area contributed by atoms with E-state index in [1.165, 1.54) is 10.9 Å². The van der Waals surface area contributed by atoms with Crippen molar-refractivity contribution in [2.75, 3.05) is 33.7 Å². The lowest BCUT2D eigenvalue weighted by atomic mass is 9.48. The molecule has 4 rings (SSSR count). The minimum atomic E-state index is 0.0243. The molecule has 1 aliphatic carbocycles. The van der Waals surface area contributed by atoms with Gasteiger partial charge in [-0.1, -0.05) is 19.9 Å². The van der Waals surface area contributed by atoms with Crippen LogP contribution in [0.2, 0.25) is 0 Å². The zero-order valence-electron chi connectivity index (χ0n) is 14.7. The third-order valence-corrected chi connectivity index (χ3v) is 5.76. The van der Waals surface area contributed by atoms with E-state index >= 15 is 0 Å². The van der Waals surface area contributed by atoms with Gasteiger partial charge in [0.15, 0.2) is 5.65 Å². The van der Waals surface area contributed by atoms with Gasteiger partial charge >= 0.3 is 0 Å². The van der Waals surface area contributed by atoms with Crippen LogP contribution in [-0.4, -0.2) is 69.5 Å². The Morgan fingerprint density at radius 2 is 2.17 bits per heavy atom. The Morgan fingerprint density at radius 3 is 2.88 bits per heavy atom. The van der Waals surface area contributed by atoms with E-state index in [0.717, 1.165) is 19.6 Å². The summed E-state index contributed by atoms with van der Waals surface area (Å²) < 4.78 is 1.53. The van der Waals surface area contributed by atoms with E-state index in [9.17, 15) is 4.79 Å². The molecule has 3 heterocycles. The minimum absolute atomic E-state index is 0.0243. The van der Waals surface area contributed by atoms with Gasteiger partial charge in [0.2, 0.25) is 0 Å². The molecule has 1 amide bonds. The molecule has 2 atom stereocenters. The standard InChI is InChI=1S/C17H24N6O/c1-16(2)9-17(10-21(3)4)11-22(8-13(16)17)15(24)12-6-5-7-14-18-19-20-23(12)14/h5-7,13H,8-11H2,1-4H3/t13-,17+/m1/s1. The van der Waals surface area contributed by atoms with Crippen LogP contribution in [0.3, 0.4) is 0 Å². The number of carbonyl (C=O) groups is 1. The summed E-state index contributed by atoms with van der Waals surface area (Å²) in [6, 6.07) is 5.44. The monoisotopic (exact) mass is 328 g/mol. The first-order chi connectivity index (χ1) is 11.3. The van der Waals surface area contributed by atoms with Crippen LogP contribution in [0.15, 0.2) is 18.2 Å². The molecule has 1 saturated heterocycles. The maximum atomic E-state index is 13.1. The van der Waals surface area contributed by atoms with Crippen molar-refractivity contribution in [3.8, 4) is 0 Å². The fourth-order valence-corrected chi connectivity index (χ4v) is 5.21. The highest BCUT2D eigenvalue weighted by atomic mass is 16.2. The number of pyridine rings is 1. The molecule has 0 spiro atoms. The van der Waals surface area contributed by atoms with Crippen molar-refractivity contribution >= 4 is 11.6 Å². The number of carbonyl (C=O) groups excluding carboxylic acids is 1. The van der Waals surface area contributed by atoms with E-state index in [0.29, 0.717) is 22.7 Å². The number of amides is 1. The first-order valence-electron chi connectivity index (χ1n) is 8.44. The molecule has 7 heteroatoms. The van der Waals surface area contributed by atoms with Gasteiger partial charge in [-0.3, -0.25) is 4.79 Å². The predicted octanol–water partition coefficient (Wildman–Crippen LogP) is 1.17. The van der Waals surface area contributed by atoms with Crippen LogP contribution in [0, 0.1) is 16.7 Å². The van der Waals surface area contributed by atoms with E-state index in [-0.39, 0.29) is 11.3 Å². The number of tetrazole rings is 1. The van der Waals surface area contributed by atoms with Gasteiger partial charge < -0.3 is 9.80 Å². The molecule has 1 saturated carbocycles. The molecule has 1 aliphatic heterocycles. The SMILES string of the molecule is CN(C)C[C@@]12CN(C(=O)c3cccc4nnnn34)C[C@@H]1C(C)(C)C2. The third kappa shape index (κ3) is 2.14. The highest BCUT2D eigenvalue weighted by Crippen LogP contribution is 2.62. The van der Waals surface area contributed by atoms with Gasteiger partial charge in [-0.15, -0.1) is 5.10 Å². The molecule has 0 bridgehead atoms. The van der Waals surface area contributed by atoms with Crippen molar-refractivity contribution in [1.82, 2.24) is 29.8 Å². The Bertz CT molecular complexity index is 793. The number of fused-ring (bicyclic) bond motifs is 2. The second-order valence-electron chi connectivity index (χ2n) is 8.36. The van der Waals surface area contributed by atoms with Crippen LogP contribution in [0.4, 0.5) is 0 Å². The molecule has 0 aromatic carbocycles. The smallest absolute Gasteiger partial charge is 0.272 e. The minimum Gasteiger partial charge on any atom is -0.336 e. The molecule has 2 aromatic rings. The van der Waals surface area contributed by atoms with Gasteiger partial charge in [0.1, 0.15) is 5.69 Å². The van der Waals surface area contributed by atoms with Crippen molar-refractivity contribution in [2.24, 2.45) is 16.7 Å².